The van der Waals surface area contributed by atoms with Crippen molar-refractivity contribution in [2.75, 3.05) is 18.9 Å². The summed E-state index contributed by atoms with van der Waals surface area (Å²) in [4.78, 5) is 11.7. The molecule has 3 heteroatoms. The highest BCUT2D eigenvalue weighted by molar-refractivity contribution is 5.99. The van der Waals surface area contributed by atoms with Crippen LogP contribution in [0.3, 0.4) is 0 Å². The van der Waals surface area contributed by atoms with Crippen LogP contribution in [0.15, 0.2) is 24.3 Å². The smallest absolute Gasteiger partial charge is 0.253 e. The Bertz CT molecular complexity index is 379. The molecule has 0 aliphatic carbocycles. The van der Waals surface area contributed by atoms with E-state index < -0.39 is 0 Å². The number of terminal acetylenes is 1. The van der Waals surface area contributed by atoms with Gasteiger partial charge in [-0.25, -0.2) is 0 Å². The van der Waals surface area contributed by atoms with Crippen molar-refractivity contribution in [1.29, 1.82) is 0 Å². The van der Waals surface area contributed by atoms with Crippen LogP contribution in [0, 0.1) is 12.3 Å². The Morgan fingerprint density at radius 1 is 1.47 bits per heavy atom. The quantitative estimate of drug-likeness (QED) is 0.573. The number of rotatable bonds is 4. The standard InChI is InChI=1S/C12H14N2O/c1-3-4-9-14-12(15)10-7-5-6-8-11(10)13-2/h1,5-8,13H,4,9H2,2H3,(H,14,15). The van der Waals surface area contributed by atoms with Gasteiger partial charge in [0, 0.05) is 25.7 Å². The Hall–Kier alpha value is -1.95. The highest BCUT2D eigenvalue weighted by Gasteiger charge is 2.08. The normalized spacial score (nSPS) is 9.07. The second-order valence-electron chi connectivity index (χ2n) is 3.01. The first kappa shape index (κ1) is 11.1. The van der Waals surface area contributed by atoms with Crippen LogP contribution < -0.4 is 10.6 Å². The van der Waals surface area contributed by atoms with Crippen molar-refractivity contribution in [2.45, 2.75) is 6.42 Å². The van der Waals surface area contributed by atoms with Crippen LogP contribution in [0.2, 0.25) is 0 Å². The van der Waals surface area contributed by atoms with Crippen molar-refractivity contribution >= 4 is 11.6 Å². The lowest BCUT2D eigenvalue weighted by Gasteiger charge is -2.08. The molecule has 15 heavy (non-hydrogen) atoms. The molecule has 1 rings (SSSR count). The summed E-state index contributed by atoms with van der Waals surface area (Å²) in [6, 6.07) is 7.34. The average molecular weight is 202 g/mol. The lowest BCUT2D eigenvalue weighted by atomic mass is 10.1. The van der Waals surface area contributed by atoms with Crippen LogP contribution in [-0.2, 0) is 0 Å². The minimum atomic E-state index is -0.102. The number of amides is 1. The zero-order valence-electron chi connectivity index (χ0n) is 8.71. The van der Waals surface area contributed by atoms with Gasteiger partial charge >= 0.3 is 0 Å². The summed E-state index contributed by atoms with van der Waals surface area (Å²) in [7, 11) is 1.79. The molecule has 1 aromatic rings. The minimum Gasteiger partial charge on any atom is -0.387 e. The summed E-state index contributed by atoms with van der Waals surface area (Å²) in [5, 5.41) is 5.72. The van der Waals surface area contributed by atoms with Crippen LogP contribution in [0.1, 0.15) is 16.8 Å². The first-order valence-electron chi connectivity index (χ1n) is 4.78. The lowest BCUT2D eigenvalue weighted by Crippen LogP contribution is -2.24. The molecule has 1 amide bonds. The number of carbonyl (C=O) groups is 1. The predicted molar refractivity (Wildman–Crippen MR) is 61.8 cm³/mol. The van der Waals surface area contributed by atoms with Crippen molar-refractivity contribution in [1.82, 2.24) is 5.32 Å². The molecule has 2 N–H and O–H groups in total. The minimum absolute atomic E-state index is 0.102. The van der Waals surface area contributed by atoms with Crippen LogP contribution in [-0.4, -0.2) is 19.5 Å². The van der Waals surface area contributed by atoms with E-state index in [4.69, 9.17) is 6.42 Å². The second-order valence-corrected chi connectivity index (χ2v) is 3.01. The van der Waals surface area contributed by atoms with Crippen molar-refractivity contribution in [3.05, 3.63) is 29.8 Å². The van der Waals surface area contributed by atoms with Crippen molar-refractivity contribution in [3.8, 4) is 12.3 Å². The third-order valence-electron chi connectivity index (χ3n) is 2.00. The van der Waals surface area contributed by atoms with Crippen molar-refractivity contribution in [2.24, 2.45) is 0 Å². The van der Waals surface area contributed by atoms with Crippen LogP contribution in [0.5, 0.6) is 0 Å². The van der Waals surface area contributed by atoms with E-state index in [0.717, 1.165) is 5.69 Å². The zero-order valence-corrected chi connectivity index (χ0v) is 8.71. The molecule has 0 unspecified atom stereocenters. The molecule has 3 nitrogen and oxygen atoms in total. The predicted octanol–water partition coefficient (Wildman–Crippen LogP) is 1.48. The molecule has 0 aliphatic rings. The number of anilines is 1. The Balaban J connectivity index is 2.69. The molecule has 0 fully saturated rings. The molecule has 78 valence electrons. The number of carbonyl (C=O) groups excluding carboxylic acids is 1. The van der Waals surface area contributed by atoms with E-state index in [-0.39, 0.29) is 5.91 Å². The first-order valence-corrected chi connectivity index (χ1v) is 4.78. The Morgan fingerprint density at radius 3 is 2.87 bits per heavy atom. The average Bonchev–Trinajstić information content (AvgIpc) is 2.29. The molecule has 0 aromatic heterocycles. The molecule has 0 atom stereocenters. The number of hydrogen-bond acceptors (Lipinski definition) is 2. The number of benzene rings is 1. The maximum atomic E-state index is 11.7. The Morgan fingerprint density at radius 2 is 2.20 bits per heavy atom. The van der Waals surface area contributed by atoms with Gasteiger partial charge in [-0.2, -0.15) is 0 Å². The largest absolute Gasteiger partial charge is 0.387 e. The lowest BCUT2D eigenvalue weighted by molar-refractivity contribution is 0.0955. The molecule has 0 radical (unpaired) electrons. The third kappa shape index (κ3) is 3.03. The van der Waals surface area contributed by atoms with Gasteiger partial charge in [-0.1, -0.05) is 12.1 Å². The van der Waals surface area contributed by atoms with Crippen LogP contribution in [0.4, 0.5) is 5.69 Å². The van der Waals surface area contributed by atoms with Crippen LogP contribution in [0.25, 0.3) is 0 Å². The molecular weight excluding hydrogens is 188 g/mol. The molecule has 0 saturated heterocycles. The fraction of sp³-hybridized carbons (Fsp3) is 0.250. The monoisotopic (exact) mass is 202 g/mol. The molecular formula is C12H14N2O. The summed E-state index contributed by atoms with van der Waals surface area (Å²) in [6.45, 7) is 0.507. The summed E-state index contributed by atoms with van der Waals surface area (Å²) in [5.74, 6) is 2.37. The number of hydrogen-bond donors (Lipinski definition) is 2. The maximum absolute atomic E-state index is 11.7. The SMILES string of the molecule is C#CCCNC(=O)c1ccccc1NC. The number of nitrogens with one attached hydrogen (secondary N) is 2. The zero-order chi connectivity index (χ0) is 11.1. The van der Waals surface area contributed by atoms with E-state index in [1.54, 1.807) is 13.1 Å². The van der Waals surface area contributed by atoms with Gasteiger partial charge in [-0.05, 0) is 12.1 Å². The maximum Gasteiger partial charge on any atom is 0.253 e. The Kier molecular flexibility index (Phi) is 4.24. The summed E-state index contributed by atoms with van der Waals surface area (Å²) in [5.41, 5.74) is 1.45. The van der Waals surface area contributed by atoms with Gasteiger partial charge in [0.05, 0.1) is 5.56 Å². The number of para-hydroxylation sites is 1. The van der Waals surface area contributed by atoms with Gasteiger partial charge < -0.3 is 10.6 Å². The molecule has 1 aromatic carbocycles. The fourth-order valence-corrected chi connectivity index (χ4v) is 1.24. The molecule has 0 saturated carbocycles. The third-order valence-corrected chi connectivity index (χ3v) is 2.00. The topological polar surface area (TPSA) is 41.1 Å². The van der Waals surface area contributed by atoms with E-state index in [2.05, 4.69) is 16.6 Å². The summed E-state index contributed by atoms with van der Waals surface area (Å²) in [6.07, 6.45) is 5.64. The highest BCUT2D eigenvalue weighted by Crippen LogP contribution is 2.13. The van der Waals surface area contributed by atoms with Gasteiger partial charge in [0.15, 0.2) is 0 Å². The molecule has 0 aliphatic heterocycles. The van der Waals surface area contributed by atoms with Gasteiger partial charge in [-0.3, -0.25) is 4.79 Å². The Labute approximate surface area is 89.9 Å². The molecule has 0 bridgehead atoms. The van der Waals surface area contributed by atoms with E-state index >= 15 is 0 Å². The molecule has 0 heterocycles. The van der Waals surface area contributed by atoms with Gasteiger partial charge in [0.1, 0.15) is 0 Å². The van der Waals surface area contributed by atoms with Crippen molar-refractivity contribution in [3.63, 3.8) is 0 Å². The van der Waals surface area contributed by atoms with Gasteiger partial charge in [0.2, 0.25) is 0 Å². The fourth-order valence-electron chi connectivity index (χ4n) is 1.24. The second kappa shape index (κ2) is 5.71. The van der Waals surface area contributed by atoms with E-state index in [1.807, 2.05) is 18.2 Å². The van der Waals surface area contributed by atoms with E-state index in [0.29, 0.717) is 18.5 Å². The highest BCUT2D eigenvalue weighted by atomic mass is 16.1. The van der Waals surface area contributed by atoms with Gasteiger partial charge in [0.25, 0.3) is 5.91 Å². The van der Waals surface area contributed by atoms with Gasteiger partial charge in [-0.15, -0.1) is 12.3 Å². The van der Waals surface area contributed by atoms with Crippen molar-refractivity contribution < 1.29 is 4.79 Å². The first-order chi connectivity index (χ1) is 7.29. The molecule has 0 spiro atoms. The van der Waals surface area contributed by atoms with E-state index in [1.165, 1.54) is 0 Å². The van der Waals surface area contributed by atoms with Crippen LogP contribution >= 0.6 is 0 Å². The summed E-state index contributed by atoms with van der Waals surface area (Å²) < 4.78 is 0. The van der Waals surface area contributed by atoms with E-state index in [9.17, 15) is 4.79 Å². The summed E-state index contributed by atoms with van der Waals surface area (Å²) >= 11 is 0.